The minimum Gasteiger partial charge on any atom is -0.349 e. The summed E-state index contributed by atoms with van der Waals surface area (Å²) in [6.07, 6.45) is -4.04. The van der Waals surface area contributed by atoms with Crippen molar-refractivity contribution in [3.8, 4) is 11.3 Å². The van der Waals surface area contributed by atoms with Crippen molar-refractivity contribution in [3.63, 3.8) is 0 Å². The molecule has 0 spiro atoms. The van der Waals surface area contributed by atoms with Crippen molar-refractivity contribution in [2.75, 3.05) is 6.54 Å². The summed E-state index contributed by atoms with van der Waals surface area (Å²) in [5, 5.41) is 2.54. The van der Waals surface area contributed by atoms with Crippen LogP contribution < -0.4 is 5.32 Å². The minimum absolute atomic E-state index is 0.187. The Hall–Kier alpha value is -3.52. The van der Waals surface area contributed by atoms with Gasteiger partial charge < -0.3 is 5.32 Å². The Morgan fingerprint density at radius 2 is 1.81 bits per heavy atom. The molecular formula is C23H20F5N5O3S. The summed E-state index contributed by atoms with van der Waals surface area (Å²) in [7, 11) is -4.30. The zero-order valence-corrected chi connectivity index (χ0v) is 20.0. The molecule has 1 aliphatic heterocycles. The molecule has 0 bridgehead atoms. The second-order valence-electron chi connectivity index (χ2n) is 8.39. The predicted molar refractivity (Wildman–Crippen MR) is 120 cm³/mol. The first kappa shape index (κ1) is 26.5. The van der Waals surface area contributed by atoms with Gasteiger partial charge >= 0.3 is 6.18 Å². The Kier molecular flexibility index (Phi) is 7.24. The Balaban J connectivity index is 1.50. The lowest BCUT2D eigenvalue weighted by Crippen LogP contribution is -2.48. The number of amides is 1. The van der Waals surface area contributed by atoms with E-state index in [1.54, 1.807) is 0 Å². The number of hydrogen-bond acceptors (Lipinski definition) is 6. The quantitative estimate of drug-likeness (QED) is 0.480. The van der Waals surface area contributed by atoms with E-state index in [0.717, 1.165) is 47.2 Å². The lowest BCUT2D eigenvalue weighted by atomic mass is 10.0. The van der Waals surface area contributed by atoms with Crippen LogP contribution in [-0.4, -0.2) is 52.3 Å². The molecule has 8 nitrogen and oxygen atoms in total. The molecule has 2 aromatic heterocycles. The van der Waals surface area contributed by atoms with E-state index in [1.165, 1.54) is 19.1 Å². The van der Waals surface area contributed by atoms with Crippen LogP contribution in [0.1, 0.15) is 18.3 Å². The van der Waals surface area contributed by atoms with Gasteiger partial charge in [-0.05, 0) is 42.5 Å². The van der Waals surface area contributed by atoms with Crippen LogP contribution in [0.4, 0.5) is 22.0 Å². The van der Waals surface area contributed by atoms with Crippen molar-refractivity contribution >= 4 is 15.9 Å². The summed E-state index contributed by atoms with van der Waals surface area (Å²) < 4.78 is 92.9. The molecule has 1 fully saturated rings. The topological polar surface area (TPSA) is 105 Å². The highest BCUT2D eigenvalue weighted by atomic mass is 32.2. The monoisotopic (exact) mass is 541 g/mol. The van der Waals surface area contributed by atoms with Crippen molar-refractivity contribution < 1.29 is 35.2 Å². The number of carbonyl (C=O) groups excluding carboxylic acids is 1. The van der Waals surface area contributed by atoms with E-state index in [-0.39, 0.29) is 28.4 Å². The SMILES string of the molecule is C[C@H]1[C@@H](F)CN(S(=O)(=O)c2ccc(F)cc2)[C@H]1C(=O)NCc1cc(-c2ccc(C(F)(F)F)nc2)ncn1. The average molecular weight is 542 g/mol. The zero-order valence-electron chi connectivity index (χ0n) is 19.2. The molecule has 3 atom stereocenters. The summed E-state index contributed by atoms with van der Waals surface area (Å²) >= 11 is 0. The van der Waals surface area contributed by atoms with Gasteiger partial charge in [0.25, 0.3) is 0 Å². The molecule has 0 saturated carbocycles. The van der Waals surface area contributed by atoms with Crippen molar-refractivity contribution in [1.29, 1.82) is 0 Å². The number of hydrogen-bond donors (Lipinski definition) is 1. The van der Waals surface area contributed by atoms with E-state index in [9.17, 15) is 35.2 Å². The fraction of sp³-hybridized carbons (Fsp3) is 0.304. The van der Waals surface area contributed by atoms with Gasteiger partial charge in [0.2, 0.25) is 15.9 Å². The van der Waals surface area contributed by atoms with Gasteiger partial charge in [-0.2, -0.15) is 17.5 Å². The highest BCUT2D eigenvalue weighted by Crippen LogP contribution is 2.33. The van der Waals surface area contributed by atoms with E-state index >= 15 is 0 Å². The molecule has 3 aromatic rings. The first-order valence-electron chi connectivity index (χ1n) is 10.9. The van der Waals surface area contributed by atoms with Crippen LogP contribution in [0.25, 0.3) is 11.3 Å². The van der Waals surface area contributed by atoms with Crippen LogP contribution in [0.2, 0.25) is 0 Å². The molecule has 37 heavy (non-hydrogen) atoms. The highest BCUT2D eigenvalue weighted by molar-refractivity contribution is 7.89. The Morgan fingerprint density at radius 1 is 1.11 bits per heavy atom. The number of nitrogens with zero attached hydrogens (tertiary/aromatic N) is 4. The fourth-order valence-electron chi connectivity index (χ4n) is 3.92. The lowest BCUT2D eigenvalue weighted by Gasteiger charge is -2.25. The number of pyridine rings is 1. The number of aromatic nitrogens is 3. The third-order valence-electron chi connectivity index (χ3n) is 5.94. The van der Waals surface area contributed by atoms with E-state index in [2.05, 4.69) is 20.3 Å². The maximum atomic E-state index is 14.6. The van der Waals surface area contributed by atoms with Gasteiger partial charge in [0.15, 0.2) is 0 Å². The zero-order chi connectivity index (χ0) is 27.0. The number of carbonyl (C=O) groups is 1. The van der Waals surface area contributed by atoms with Gasteiger partial charge in [0.1, 0.15) is 30.1 Å². The summed E-state index contributed by atoms with van der Waals surface area (Å²) in [5.74, 6) is -2.38. The Morgan fingerprint density at radius 3 is 2.43 bits per heavy atom. The number of benzene rings is 1. The number of nitrogens with one attached hydrogen (secondary N) is 1. The summed E-state index contributed by atoms with van der Waals surface area (Å²) in [5.41, 5.74) is -0.258. The second-order valence-corrected chi connectivity index (χ2v) is 10.3. The van der Waals surface area contributed by atoms with E-state index in [0.29, 0.717) is 0 Å². The Labute approximate surface area is 208 Å². The van der Waals surface area contributed by atoms with E-state index < -0.39 is 58.3 Å². The van der Waals surface area contributed by atoms with Crippen molar-refractivity contribution in [2.45, 2.75) is 36.8 Å². The van der Waals surface area contributed by atoms with E-state index in [4.69, 9.17) is 0 Å². The van der Waals surface area contributed by atoms with Crippen molar-refractivity contribution in [1.82, 2.24) is 24.6 Å². The summed E-state index contributed by atoms with van der Waals surface area (Å²) in [6.45, 7) is 0.681. The van der Waals surface area contributed by atoms with Gasteiger partial charge in [-0.25, -0.2) is 27.2 Å². The number of halogens is 5. The largest absolute Gasteiger partial charge is 0.433 e. The van der Waals surface area contributed by atoms with Crippen LogP contribution in [-0.2, 0) is 27.5 Å². The molecule has 14 heteroatoms. The molecule has 1 saturated heterocycles. The molecule has 3 heterocycles. The third kappa shape index (κ3) is 5.59. The molecule has 196 valence electrons. The highest BCUT2D eigenvalue weighted by Gasteiger charge is 2.49. The minimum atomic E-state index is -4.59. The summed E-state index contributed by atoms with van der Waals surface area (Å²) in [4.78, 5) is 24.1. The normalized spacial score (nSPS) is 20.6. The number of alkyl halides is 4. The molecule has 0 unspecified atom stereocenters. The maximum Gasteiger partial charge on any atom is 0.433 e. The molecule has 1 aromatic carbocycles. The van der Waals surface area contributed by atoms with Crippen LogP contribution in [0, 0.1) is 11.7 Å². The summed E-state index contributed by atoms with van der Waals surface area (Å²) in [6, 6.07) is 6.03. The number of sulfonamides is 1. The molecule has 1 amide bonds. The average Bonchev–Trinajstić information content (AvgIpc) is 3.17. The van der Waals surface area contributed by atoms with Gasteiger partial charge in [-0.1, -0.05) is 6.92 Å². The van der Waals surface area contributed by atoms with Gasteiger partial charge in [0, 0.05) is 24.2 Å². The van der Waals surface area contributed by atoms with Gasteiger partial charge in [-0.3, -0.25) is 9.78 Å². The molecule has 1 aliphatic rings. The molecule has 1 N–H and O–H groups in total. The Bertz CT molecular complexity index is 1390. The first-order valence-corrected chi connectivity index (χ1v) is 12.4. The fourth-order valence-corrected chi connectivity index (χ4v) is 5.59. The van der Waals surface area contributed by atoms with Crippen LogP contribution in [0.3, 0.4) is 0 Å². The lowest BCUT2D eigenvalue weighted by molar-refractivity contribution is -0.141. The van der Waals surface area contributed by atoms with Gasteiger partial charge in [-0.15, -0.1) is 0 Å². The van der Waals surface area contributed by atoms with Crippen LogP contribution in [0.5, 0.6) is 0 Å². The third-order valence-corrected chi connectivity index (χ3v) is 7.80. The standard InChI is InChI=1S/C23H20F5N5O3S/c1-13-18(25)11-33(37(35,36)17-5-3-15(24)4-6-17)21(13)22(34)30-10-16-8-19(32-12-31-16)14-2-7-20(29-9-14)23(26,27)28/h2-9,12-13,18,21H,10-11H2,1H3,(H,30,34)/t13-,18-,21+/m0/s1. The van der Waals surface area contributed by atoms with Crippen LogP contribution >= 0.6 is 0 Å². The van der Waals surface area contributed by atoms with E-state index in [1.807, 2.05) is 0 Å². The maximum absolute atomic E-state index is 14.6. The van der Waals surface area contributed by atoms with Crippen molar-refractivity contribution in [3.05, 3.63) is 72.2 Å². The molecular weight excluding hydrogens is 521 g/mol. The molecule has 0 radical (unpaired) electrons. The smallest absolute Gasteiger partial charge is 0.349 e. The van der Waals surface area contributed by atoms with Crippen LogP contribution in [0.15, 0.2) is 59.9 Å². The number of rotatable bonds is 6. The molecule has 0 aliphatic carbocycles. The second kappa shape index (κ2) is 10.1. The first-order chi connectivity index (χ1) is 17.4. The molecule has 4 rings (SSSR count). The van der Waals surface area contributed by atoms with Gasteiger partial charge in [0.05, 0.1) is 22.8 Å². The van der Waals surface area contributed by atoms with Crippen molar-refractivity contribution in [2.24, 2.45) is 5.92 Å². The predicted octanol–water partition coefficient (Wildman–Crippen LogP) is 3.36.